The molecule has 84 valence electrons. The summed E-state index contributed by atoms with van der Waals surface area (Å²) in [5, 5.41) is 9.68. The van der Waals surface area contributed by atoms with E-state index in [1.165, 1.54) is 25.7 Å². The third-order valence-electron chi connectivity index (χ3n) is 3.55. The van der Waals surface area contributed by atoms with E-state index < -0.39 is 0 Å². The van der Waals surface area contributed by atoms with E-state index in [9.17, 15) is 5.11 Å². The van der Waals surface area contributed by atoms with Crippen molar-refractivity contribution in [2.45, 2.75) is 65.4 Å². The summed E-state index contributed by atoms with van der Waals surface area (Å²) in [5.41, 5.74) is 0. The number of hydrogen-bond donors (Lipinski definition) is 1. The highest BCUT2D eigenvalue weighted by Crippen LogP contribution is 2.37. The standard InChI is InChI=1S/C13H26O/c1-4-5-11-6-7-13(14)9-12(11)8-10(2)3/h10-14H,4-9H2,1-3H3. The van der Waals surface area contributed by atoms with Crippen LogP contribution in [-0.2, 0) is 0 Å². The Hall–Kier alpha value is -0.0400. The molecule has 14 heavy (non-hydrogen) atoms. The van der Waals surface area contributed by atoms with Gasteiger partial charge >= 0.3 is 0 Å². The van der Waals surface area contributed by atoms with E-state index in [0.29, 0.717) is 0 Å². The first-order chi connectivity index (χ1) is 6.63. The van der Waals surface area contributed by atoms with Gasteiger partial charge in [0.2, 0.25) is 0 Å². The molecule has 1 aliphatic carbocycles. The molecule has 1 rings (SSSR count). The molecule has 0 aromatic heterocycles. The van der Waals surface area contributed by atoms with Gasteiger partial charge in [0.05, 0.1) is 6.10 Å². The first-order valence-electron chi connectivity index (χ1n) is 6.31. The topological polar surface area (TPSA) is 20.2 Å². The minimum Gasteiger partial charge on any atom is -0.393 e. The molecular formula is C13H26O. The van der Waals surface area contributed by atoms with Crippen LogP contribution in [0, 0.1) is 17.8 Å². The average molecular weight is 198 g/mol. The number of aliphatic hydroxyl groups is 1. The Balaban J connectivity index is 2.45. The molecule has 0 amide bonds. The second-order valence-corrected chi connectivity index (χ2v) is 5.41. The smallest absolute Gasteiger partial charge is 0.0543 e. The van der Waals surface area contributed by atoms with Crippen LogP contribution in [0.15, 0.2) is 0 Å². The van der Waals surface area contributed by atoms with Crippen molar-refractivity contribution in [3.63, 3.8) is 0 Å². The van der Waals surface area contributed by atoms with Crippen molar-refractivity contribution in [1.82, 2.24) is 0 Å². The van der Waals surface area contributed by atoms with Crippen molar-refractivity contribution in [3.05, 3.63) is 0 Å². The lowest BCUT2D eigenvalue weighted by Gasteiger charge is -2.35. The third kappa shape index (κ3) is 3.61. The van der Waals surface area contributed by atoms with E-state index in [1.807, 2.05) is 0 Å². The predicted octanol–water partition coefficient (Wildman–Crippen LogP) is 3.61. The van der Waals surface area contributed by atoms with E-state index >= 15 is 0 Å². The van der Waals surface area contributed by atoms with Crippen LogP contribution in [0.3, 0.4) is 0 Å². The van der Waals surface area contributed by atoms with Crippen LogP contribution in [0.1, 0.15) is 59.3 Å². The Kier molecular flexibility index (Phi) is 4.94. The summed E-state index contributed by atoms with van der Waals surface area (Å²) < 4.78 is 0. The van der Waals surface area contributed by atoms with Gasteiger partial charge in [-0.15, -0.1) is 0 Å². The summed E-state index contributed by atoms with van der Waals surface area (Å²) in [7, 11) is 0. The molecule has 1 saturated carbocycles. The summed E-state index contributed by atoms with van der Waals surface area (Å²) >= 11 is 0. The number of rotatable bonds is 4. The molecule has 1 aliphatic rings. The van der Waals surface area contributed by atoms with Crippen LogP contribution >= 0.6 is 0 Å². The van der Waals surface area contributed by atoms with Gasteiger partial charge in [0, 0.05) is 0 Å². The van der Waals surface area contributed by atoms with Crippen LogP contribution in [0.5, 0.6) is 0 Å². The van der Waals surface area contributed by atoms with E-state index in [2.05, 4.69) is 20.8 Å². The Bertz CT molecular complexity index is 151. The zero-order valence-corrected chi connectivity index (χ0v) is 10.00. The summed E-state index contributed by atoms with van der Waals surface area (Å²) in [6, 6.07) is 0. The summed E-state index contributed by atoms with van der Waals surface area (Å²) in [6.45, 7) is 6.87. The maximum absolute atomic E-state index is 9.68. The highest BCUT2D eigenvalue weighted by atomic mass is 16.3. The molecule has 1 heteroatoms. The van der Waals surface area contributed by atoms with E-state index in [-0.39, 0.29) is 6.10 Å². The molecule has 0 radical (unpaired) electrons. The number of hydrogen-bond acceptors (Lipinski definition) is 1. The Morgan fingerprint density at radius 2 is 1.93 bits per heavy atom. The lowest BCUT2D eigenvalue weighted by atomic mass is 9.72. The van der Waals surface area contributed by atoms with Crippen LogP contribution in [0.4, 0.5) is 0 Å². The summed E-state index contributed by atoms with van der Waals surface area (Å²) in [6.07, 6.45) is 7.32. The zero-order chi connectivity index (χ0) is 10.6. The fourth-order valence-corrected chi connectivity index (χ4v) is 2.95. The zero-order valence-electron chi connectivity index (χ0n) is 10.00. The molecule has 3 atom stereocenters. The van der Waals surface area contributed by atoms with Gasteiger partial charge in [-0.3, -0.25) is 0 Å². The largest absolute Gasteiger partial charge is 0.393 e. The third-order valence-corrected chi connectivity index (χ3v) is 3.55. The van der Waals surface area contributed by atoms with Crippen molar-refractivity contribution in [2.24, 2.45) is 17.8 Å². The summed E-state index contributed by atoms with van der Waals surface area (Å²) in [5.74, 6) is 2.47. The molecule has 0 spiro atoms. The normalized spacial score (nSPS) is 33.6. The highest BCUT2D eigenvalue weighted by molar-refractivity contribution is 4.80. The Morgan fingerprint density at radius 1 is 1.21 bits per heavy atom. The second-order valence-electron chi connectivity index (χ2n) is 5.41. The predicted molar refractivity (Wildman–Crippen MR) is 61.2 cm³/mol. The molecular weight excluding hydrogens is 172 g/mol. The SMILES string of the molecule is CCCC1CCC(O)CC1CC(C)C. The molecule has 0 bridgehead atoms. The Labute approximate surface area is 88.9 Å². The molecule has 0 saturated heterocycles. The van der Waals surface area contributed by atoms with Gasteiger partial charge in [0.1, 0.15) is 0 Å². The van der Waals surface area contributed by atoms with Crippen molar-refractivity contribution in [2.75, 3.05) is 0 Å². The van der Waals surface area contributed by atoms with Gasteiger partial charge in [-0.25, -0.2) is 0 Å². The second kappa shape index (κ2) is 5.75. The monoisotopic (exact) mass is 198 g/mol. The van der Waals surface area contributed by atoms with E-state index in [0.717, 1.165) is 30.6 Å². The first kappa shape index (κ1) is 12.0. The van der Waals surface area contributed by atoms with Gasteiger partial charge in [-0.1, -0.05) is 33.6 Å². The molecule has 0 aliphatic heterocycles. The minimum atomic E-state index is -0.00754. The summed E-state index contributed by atoms with van der Waals surface area (Å²) in [4.78, 5) is 0. The Morgan fingerprint density at radius 3 is 2.50 bits per heavy atom. The van der Waals surface area contributed by atoms with Crippen molar-refractivity contribution in [3.8, 4) is 0 Å². The van der Waals surface area contributed by atoms with Crippen LogP contribution in [0.2, 0.25) is 0 Å². The van der Waals surface area contributed by atoms with Gasteiger partial charge in [-0.2, -0.15) is 0 Å². The van der Waals surface area contributed by atoms with Crippen LogP contribution < -0.4 is 0 Å². The van der Waals surface area contributed by atoms with Crippen molar-refractivity contribution in [1.29, 1.82) is 0 Å². The first-order valence-corrected chi connectivity index (χ1v) is 6.31. The van der Waals surface area contributed by atoms with Gasteiger partial charge < -0.3 is 5.11 Å². The average Bonchev–Trinajstić information content (AvgIpc) is 2.09. The molecule has 0 heterocycles. The number of aliphatic hydroxyl groups excluding tert-OH is 1. The fraction of sp³-hybridized carbons (Fsp3) is 1.00. The molecule has 1 fully saturated rings. The lowest BCUT2D eigenvalue weighted by molar-refractivity contribution is 0.0567. The molecule has 1 N–H and O–H groups in total. The maximum atomic E-state index is 9.68. The van der Waals surface area contributed by atoms with Crippen LogP contribution in [-0.4, -0.2) is 11.2 Å². The van der Waals surface area contributed by atoms with Crippen LogP contribution in [0.25, 0.3) is 0 Å². The van der Waals surface area contributed by atoms with Gasteiger partial charge in [0.15, 0.2) is 0 Å². The van der Waals surface area contributed by atoms with Gasteiger partial charge in [0.25, 0.3) is 0 Å². The minimum absolute atomic E-state index is 0.00754. The quantitative estimate of drug-likeness (QED) is 0.731. The lowest BCUT2D eigenvalue weighted by Crippen LogP contribution is -2.28. The molecule has 0 aromatic rings. The van der Waals surface area contributed by atoms with E-state index in [1.54, 1.807) is 0 Å². The molecule has 3 unspecified atom stereocenters. The van der Waals surface area contributed by atoms with Gasteiger partial charge in [-0.05, 0) is 43.4 Å². The van der Waals surface area contributed by atoms with Crippen molar-refractivity contribution >= 4 is 0 Å². The molecule has 0 aromatic carbocycles. The maximum Gasteiger partial charge on any atom is 0.0543 e. The van der Waals surface area contributed by atoms with Crippen molar-refractivity contribution < 1.29 is 5.11 Å². The molecule has 1 nitrogen and oxygen atoms in total. The highest BCUT2D eigenvalue weighted by Gasteiger charge is 2.29. The van der Waals surface area contributed by atoms with E-state index in [4.69, 9.17) is 0 Å². The fourth-order valence-electron chi connectivity index (χ4n) is 2.95.